The topological polar surface area (TPSA) is 9.23 Å². The zero-order valence-electron chi connectivity index (χ0n) is 9.82. The van der Waals surface area contributed by atoms with Gasteiger partial charge in [-0.2, -0.15) is 26.3 Å². The highest BCUT2D eigenvalue weighted by molar-refractivity contribution is 9.10. The normalized spacial score (nSPS) is 14.5. The van der Waals surface area contributed by atoms with Crippen molar-refractivity contribution >= 4 is 31.9 Å². The minimum atomic E-state index is -5.40. The number of ether oxygens (including phenoxy) is 1. The van der Waals surface area contributed by atoms with Gasteiger partial charge in [0, 0.05) is 0 Å². The number of methoxy groups -OCH3 is 1. The lowest BCUT2D eigenvalue weighted by atomic mass is 9.98. The van der Waals surface area contributed by atoms with E-state index in [9.17, 15) is 26.3 Å². The molecule has 1 unspecified atom stereocenters. The van der Waals surface area contributed by atoms with Crippen LogP contribution in [0.2, 0.25) is 0 Å². The molecule has 1 atom stereocenters. The molecule has 0 aliphatic rings. The van der Waals surface area contributed by atoms with Crippen molar-refractivity contribution in [2.24, 2.45) is 5.92 Å². The molecule has 0 fully saturated rings. The van der Waals surface area contributed by atoms with E-state index in [0.717, 1.165) is 12.1 Å². The molecule has 0 aliphatic heterocycles. The smallest absolute Gasteiger partial charge is 0.401 e. The Morgan fingerprint density at radius 2 is 1.55 bits per heavy atom. The van der Waals surface area contributed by atoms with E-state index in [2.05, 4.69) is 31.9 Å². The van der Waals surface area contributed by atoms with Crippen LogP contribution in [0.3, 0.4) is 0 Å². The Labute approximate surface area is 127 Å². The molecule has 0 radical (unpaired) electrons. The summed E-state index contributed by atoms with van der Waals surface area (Å²) in [6, 6.07) is 3.59. The molecule has 0 amide bonds. The van der Waals surface area contributed by atoms with Gasteiger partial charge in [-0.15, -0.1) is 0 Å². The summed E-state index contributed by atoms with van der Waals surface area (Å²) in [4.78, 5) is -1.94. The van der Waals surface area contributed by atoms with Gasteiger partial charge in [-0.1, -0.05) is 22.0 Å². The van der Waals surface area contributed by atoms with E-state index in [1.54, 1.807) is 0 Å². The Balaban J connectivity index is 3.20. The molecule has 1 rings (SSSR count). The van der Waals surface area contributed by atoms with Crippen LogP contribution in [0.4, 0.5) is 26.3 Å². The third-order valence-corrected chi connectivity index (χ3v) is 4.17. The van der Waals surface area contributed by atoms with Crippen molar-refractivity contribution in [3.63, 3.8) is 0 Å². The zero-order valence-corrected chi connectivity index (χ0v) is 13.0. The second-order valence-electron chi connectivity index (χ2n) is 3.86. The van der Waals surface area contributed by atoms with Crippen molar-refractivity contribution in [2.45, 2.75) is 17.2 Å². The molecule has 0 bridgehead atoms. The number of alkyl halides is 7. The zero-order chi connectivity index (χ0) is 15.7. The van der Waals surface area contributed by atoms with Crippen LogP contribution < -0.4 is 4.74 Å². The fraction of sp³-hybridized carbons (Fsp3) is 0.455. The van der Waals surface area contributed by atoms with Crippen molar-refractivity contribution in [1.82, 2.24) is 0 Å². The lowest BCUT2D eigenvalue weighted by Gasteiger charge is -2.27. The van der Waals surface area contributed by atoms with Gasteiger partial charge >= 0.3 is 12.4 Å². The van der Waals surface area contributed by atoms with Crippen LogP contribution in [-0.4, -0.2) is 19.5 Å². The van der Waals surface area contributed by atoms with Gasteiger partial charge in [0.05, 0.1) is 16.4 Å². The van der Waals surface area contributed by atoms with Gasteiger partial charge in [0.25, 0.3) is 0 Å². The Kier molecular flexibility index (Phi) is 5.40. The van der Waals surface area contributed by atoms with Gasteiger partial charge in [0.2, 0.25) is 0 Å². The lowest BCUT2D eigenvalue weighted by Crippen LogP contribution is -2.39. The van der Waals surface area contributed by atoms with Gasteiger partial charge < -0.3 is 4.74 Å². The highest BCUT2D eigenvalue weighted by Crippen LogP contribution is 2.50. The first kappa shape index (κ1) is 17.6. The van der Waals surface area contributed by atoms with Gasteiger partial charge in [-0.3, -0.25) is 0 Å². The largest absolute Gasteiger partial charge is 0.496 e. The molecule has 1 nitrogen and oxygen atoms in total. The summed E-state index contributed by atoms with van der Waals surface area (Å²) in [7, 11) is 1.33. The molecule has 0 aromatic heterocycles. The SMILES string of the molecule is COc1ccc(C(Br)C(C(F)(F)F)C(F)(F)F)cc1Br. The summed E-state index contributed by atoms with van der Waals surface area (Å²) in [6.45, 7) is 0. The molecule has 0 heterocycles. The van der Waals surface area contributed by atoms with E-state index in [1.165, 1.54) is 13.2 Å². The van der Waals surface area contributed by atoms with Crippen molar-refractivity contribution in [3.8, 4) is 5.75 Å². The molecule has 1 aromatic rings. The number of benzene rings is 1. The molecule has 0 saturated heterocycles. The van der Waals surface area contributed by atoms with Gasteiger partial charge in [-0.25, -0.2) is 0 Å². The minimum Gasteiger partial charge on any atom is -0.496 e. The molecule has 0 saturated carbocycles. The first-order valence-corrected chi connectivity index (χ1v) is 6.80. The predicted octanol–water partition coefficient (Wildman–Crippen LogP) is 5.63. The summed E-state index contributed by atoms with van der Waals surface area (Å²) >= 11 is 5.52. The maximum absolute atomic E-state index is 12.6. The summed E-state index contributed by atoms with van der Waals surface area (Å²) in [5, 5.41) is 0. The fourth-order valence-corrected chi connectivity index (χ4v) is 3.01. The summed E-state index contributed by atoms with van der Waals surface area (Å²) in [5.41, 5.74) is -0.155. The number of rotatable bonds is 3. The Morgan fingerprint density at radius 3 is 1.90 bits per heavy atom. The quantitative estimate of drug-likeness (QED) is 0.446. The second kappa shape index (κ2) is 6.13. The fourth-order valence-electron chi connectivity index (χ4n) is 1.56. The predicted molar refractivity (Wildman–Crippen MR) is 68.0 cm³/mol. The molecule has 0 N–H and O–H groups in total. The molecular formula is C11H8Br2F6O. The van der Waals surface area contributed by atoms with Crippen LogP contribution in [0.1, 0.15) is 10.4 Å². The third-order valence-electron chi connectivity index (χ3n) is 2.49. The molecular weight excluding hydrogens is 422 g/mol. The van der Waals surface area contributed by atoms with Crippen LogP contribution in [0.15, 0.2) is 22.7 Å². The maximum Gasteiger partial charge on any atom is 0.401 e. The van der Waals surface area contributed by atoms with E-state index in [0.29, 0.717) is 5.75 Å². The van der Waals surface area contributed by atoms with Crippen LogP contribution in [0.25, 0.3) is 0 Å². The van der Waals surface area contributed by atoms with Crippen molar-refractivity contribution in [1.29, 1.82) is 0 Å². The highest BCUT2D eigenvalue weighted by atomic mass is 79.9. The third kappa shape index (κ3) is 4.03. The average Bonchev–Trinajstić information content (AvgIpc) is 2.24. The van der Waals surface area contributed by atoms with E-state index in [4.69, 9.17) is 4.74 Å². The first-order valence-electron chi connectivity index (χ1n) is 5.09. The van der Waals surface area contributed by atoms with E-state index >= 15 is 0 Å². The molecule has 0 aliphatic carbocycles. The summed E-state index contributed by atoms with van der Waals surface area (Å²) in [6.07, 6.45) is -10.8. The molecule has 9 heteroatoms. The maximum atomic E-state index is 12.6. The first-order chi connectivity index (χ1) is 8.98. The molecule has 114 valence electrons. The highest BCUT2D eigenvalue weighted by Gasteiger charge is 2.60. The Bertz CT molecular complexity index is 457. The van der Waals surface area contributed by atoms with E-state index in [1.807, 2.05) is 0 Å². The average molecular weight is 430 g/mol. The molecule has 1 aromatic carbocycles. The summed E-state index contributed by atoms with van der Waals surface area (Å²) < 4.78 is 80.8. The second-order valence-corrected chi connectivity index (χ2v) is 5.70. The Morgan fingerprint density at radius 1 is 1.05 bits per heavy atom. The Hall–Kier alpha value is -0.440. The van der Waals surface area contributed by atoms with Gasteiger partial charge in [-0.05, 0) is 33.6 Å². The van der Waals surface area contributed by atoms with Gasteiger partial charge in [0.1, 0.15) is 5.75 Å². The van der Waals surface area contributed by atoms with E-state index < -0.39 is 23.1 Å². The van der Waals surface area contributed by atoms with Crippen LogP contribution in [-0.2, 0) is 0 Å². The van der Waals surface area contributed by atoms with Crippen LogP contribution >= 0.6 is 31.9 Å². The van der Waals surface area contributed by atoms with Crippen molar-refractivity contribution < 1.29 is 31.1 Å². The van der Waals surface area contributed by atoms with Crippen molar-refractivity contribution in [3.05, 3.63) is 28.2 Å². The molecule has 20 heavy (non-hydrogen) atoms. The standard InChI is InChI=1S/C11H8Br2F6O/c1-20-7-3-2-5(4-6(7)12)8(13)9(10(14,15)16)11(17,18)19/h2-4,8-9H,1H3. The van der Waals surface area contributed by atoms with Crippen LogP contribution in [0, 0.1) is 5.92 Å². The number of hydrogen-bond acceptors (Lipinski definition) is 1. The van der Waals surface area contributed by atoms with Crippen LogP contribution in [0.5, 0.6) is 5.75 Å². The number of hydrogen-bond donors (Lipinski definition) is 0. The minimum absolute atomic E-state index is 0.155. The van der Waals surface area contributed by atoms with E-state index in [-0.39, 0.29) is 10.0 Å². The van der Waals surface area contributed by atoms with Crippen molar-refractivity contribution in [2.75, 3.05) is 7.11 Å². The molecule has 0 spiro atoms. The summed E-state index contributed by atoms with van der Waals surface area (Å²) in [5.74, 6) is -3.18. The number of halogens is 8. The lowest BCUT2D eigenvalue weighted by molar-refractivity contribution is -0.283. The van der Waals surface area contributed by atoms with Gasteiger partial charge in [0.15, 0.2) is 5.92 Å². The monoisotopic (exact) mass is 428 g/mol.